The minimum atomic E-state index is -4.33. The second-order valence-electron chi connectivity index (χ2n) is 12.7. The molecule has 1 aromatic rings. The molecule has 10 heteroatoms. The standard InChI is InChI=1S/C29H36O8S2/c1-5-24-23(26(31)29(14-27(24,29)4)16-39(35,36)37)12-20-8-6-19(7-9-20)11-22-21-10-17(2)13-28(18(21)3,25(22)30)15-38(32,33)34/h6-9,11-12,17-18,21,24H,5,10,13-16H2,1-4H3,(H,32,33,34)(H,35,36,37)/b22-11-,23-12-. The Labute approximate surface area is 230 Å². The number of hydrogen-bond donors (Lipinski definition) is 2. The first-order valence-corrected chi connectivity index (χ1v) is 16.7. The molecule has 39 heavy (non-hydrogen) atoms. The second kappa shape index (κ2) is 8.93. The first-order valence-electron chi connectivity index (χ1n) is 13.5. The van der Waals surface area contributed by atoms with Gasteiger partial charge in [0.1, 0.15) is 0 Å². The van der Waals surface area contributed by atoms with Crippen LogP contribution in [0.5, 0.6) is 0 Å². The summed E-state index contributed by atoms with van der Waals surface area (Å²) in [6.45, 7) is 7.80. The first-order chi connectivity index (χ1) is 18.0. The van der Waals surface area contributed by atoms with Crippen molar-refractivity contribution in [1.29, 1.82) is 0 Å². The van der Waals surface area contributed by atoms with Crippen LogP contribution in [0.25, 0.3) is 12.2 Å². The predicted octanol–water partition coefficient (Wildman–Crippen LogP) is 4.49. The zero-order valence-corrected chi connectivity index (χ0v) is 24.3. The zero-order chi connectivity index (χ0) is 28.8. The number of carbonyl (C=O) groups excluding carboxylic acids is 2. The number of ketones is 2. The smallest absolute Gasteiger partial charge is 0.265 e. The maximum Gasteiger partial charge on any atom is 0.265 e. The summed E-state index contributed by atoms with van der Waals surface area (Å²) < 4.78 is 66.1. The Balaban J connectivity index is 1.44. The lowest BCUT2D eigenvalue weighted by atomic mass is 9.65. The number of benzene rings is 1. The maximum absolute atomic E-state index is 13.6. The van der Waals surface area contributed by atoms with Gasteiger partial charge in [0.05, 0.1) is 22.3 Å². The largest absolute Gasteiger partial charge is 0.294 e. The number of allylic oxidation sites excluding steroid dienone is 2. The minimum Gasteiger partial charge on any atom is -0.294 e. The molecule has 0 radical (unpaired) electrons. The van der Waals surface area contributed by atoms with Crippen LogP contribution in [0.2, 0.25) is 0 Å². The molecule has 2 N–H and O–H groups in total. The van der Waals surface area contributed by atoms with Gasteiger partial charge in [-0.25, -0.2) is 0 Å². The van der Waals surface area contributed by atoms with Gasteiger partial charge in [0.25, 0.3) is 20.2 Å². The van der Waals surface area contributed by atoms with Gasteiger partial charge in [0.15, 0.2) is 11.6 Å². The number of fused-ring (bicyclic) bond motifs is 3. The van der Waals surface area contributed by atoms with E-state index in [0.717, 1.165) is 17.5 Å². The molecule has 0 saturated heterocycles. The van der Waals surface area contributed by atoms with Gasteiger partial charge in [-0.3, -0.25) is 18.7 Å². The van der Waals surface area contributed by atoms with Crippen molar-refractivity contribution in [3.8, 4) is 0 Å². The molecule has 4 saturated carbocycles. The predicted molar refractivity (Wildman–Crippen MR) is 148 cm³/mol. The van der Waals surface area contributed by atoms with Crippen molar-refractivity contribution >= 4 is 44.0 Å². The van der Waals surface area contributed by atoms with E-state index in [0.29, 0.717) is 30.4 Å². The molecule has 0 aliphatic heterocycles. The van der Waals surface area contributed by atoms with Crippen molar-refractivity contribution in [3.05, 3.63) is 46.5 Å². The van der Waals surface area contributed by atoms with Gasteiger partial charge in [0.2, 0.25) is 0 Å². The highest BCUT2D eigenvalue weighted by Gasteiger charge is 2.78. The quantitative estimate of drug-likeness (QED) is 0.357. The third-order valence-electron chi connectivity index (χ3n) is 10.3. The van der Waals surface area contributed by atoms with Crippen LogP contribution in [-0.4, -0.2) is 49.0 Å². The van der Waals surface area contributed by atoms with Gasteiger partial charge >= 0.3 is 0 Å². The number of carbonyl (C=O) groups is 2. The molecule has 0 amide bonds. The Hall–Kier alpha value is -2.14. The summed E-state index contributed by atoms with van der Waals surface area (Å²) in [4.78, 5) is 27.0. The monoisotopic (exact) mass is 576 g/mol. The summed E-state index contributed by atoms with van der Waals surface area (Å²) >= 11 is 0. The maximum atomic E-state index is 13.6. The molecule has 4 fully saturated rings. The summed E-state index contributed by atoms with van der Waals surface area (Å²) in [7, 11) is -8.63. The van der Waals surface area contributed by atoms with Gasteiger partial charge in [-0.2, -0.15) is 16.8 Å². The molecule has 2 bridgehead atoms. The van der Waals surface area contributed by atoms with Gasteiger partial charge in [-0.15, -0.1) is 0 Å². The summed E-state index contributed by atoms with van der Waals surface area (Å²) in [5.41, 5.74) is 0.0550. The molecule has 5 rings (SSSR count). The molecular formula is C29H36O8S2. The highest BCUT2D eigenvalue weighted by atomic mass is 32.2. The van der Waals surface area contributed by atoms with Gasteiger partial charge in [0, 0.05) is 5.57 Å². The van der Waals surface area contributed by atoms with Gasteiger partial charge in [-0.05, 0) is 83.6 Å². The first kappa shape index (κ1) is 28.4. The van der Waals surface area contributed by atoms with E-state index < -0.39 is 48.0 Å². The number of rotatable bonds is 7. The summed E-state index contributed by atoms with van der Waals surface area (Å²) in [5.74, 6) is -1.76. The Bertz CT molecular complexity index is 1520. The SMILES string of the molecule is CCC1/C(=C/c2ccc(/C=C3\C(=O)C4(CS(=O)(=O)O)CC(C)CC3C4C)cc2)C(=O)C2(CS(=O)(=O)O)CC12C. The van der Waals surface area contributed by atoms with Crippen LogP contribution in [0.1, 0.15) is 64.5 Å². The van der Waals surface area contributed by atoms with E-state index in [1.807, 2.05) is 58.0 Å². The van der Waals surface area contributed by atoms with Crippen molar-refractivity contribution in [1.82, 2.24) is 0 Å². The number of Topliss-reactive ketones (excluding diaryl/α,β-unsaturated/α-hetero) is 2. The van der Waals surface area contributed by atoms with Gasteiger partial charge < -0.3 is 0 Å². The van der Waals surface area contributed by atoms with Crippen LogP contribution < -0.4 is 0 Å². The van der Waals surface area contributed by atoms with Crippen LogP contribution in [0, 0.1) is 39.9 Å². The number of hydrogen-bond acceptors (Lipinski definition) is 6. The average Bonchev–Trinajstić information content (AvgIpc) is 3.33. The molecule has 4 aliphatic rings. The van der Waals surface area contributed by atoms with E-state index in [9.17, 15) is 35.5 Å². The van der Waals surface area contributed by atoms with Crippen LogP contribution in [0.15, 0.2) is 35.4 Å². The van der Waals surface area contributed by atoms with Gasteiger partial charge in [-0.1, -0.05) is 52.0 Å². The lowest BCUT2D eigenvalue weighted by Crippen LogP contribution is -2.43. The lowest BCUT2D eigenvalue weighted by molar-refractivity contribution is -0.124. The van der Waals surface area contributed by atoms with Crippen molar-refractivity contribution in [2.45, 2.75) is 53.4 Å². The van der Waals surface area contributed by atoms with E-state index in [-0.39, 0.29) is 35.2 Å². The average molecular weight is 577 g/mol. The van der Waals surface area contributed by atoms with Crippen LogP contribution >= 0.6 is 0 Å². The normalized spacial score (nSPS) is 39.9. The highest BCUT2D eigenvalue weighted by molar-refractivity contribution is 7.86. The summed E-state index contributed by atoms with van der Waals surface area (Å²) in [6, 6.07) is 7.37. The fraction of sp³-hybridized carbons (Fsp3) is 0.586. The fourth-order valence-corrected chi connectivity index (χ4v) is 10.8. The highest BCUT2D eigenvalue weighted by Crippen LogP contribution is 2.76. The fourth-order valence-electron chi connectivity index (χ4n) is 8.45. The molecule has 7 unspecified atom stereocenters. The van der Waals surface area contributed by atoms with E-state index in [2.05, 4.69) is 0 Å². The third kappa shape index (κ3) is 4.47. The molecule has 7 atom stereocenters. The Morgan fingerprint density at radius 1 is 0.897 bits per heavy atom. The molecule has 0 spiro atoms. The van der Waals surface area contributed by atoms with Crippen molar-refractivity contribution < 1.29 is 35.5 Å². The molecule has 8 nitrogen and oxygen atoms in total. The van der Waals surface area contributed by atoms with Crippen molar-refractivity contribution in [2.75, 3.05) is 11.5 Å². The second-order valence-corrected chi connectivity index (χ2v) is 15.6. The van der Waals surface area contributed by atoms with Crippen LogP contribution in [-0.2, 0) is 29.8 Å². The molecular weight excluding hydrogens is 540 g/mol. The van der Waals surface area contributed by atoms with E-state index in [1.165, 1.54) is 0 Å². The summed E-state index contributed by atoms with van der Waals surface area (Å²) in [6.07, 6.45) is 5.95. The van der Waals surface area contributed by atoms with Crippen molar-refractivity contribution in [2.24, 2.45) is 39.9 Å². The topological polar surface area (TPSA) is 143 Å². The molecule has 1 aromatic carbocycles. The Morgan fingerprint density at radius 2 is 1.44 bits per heavy atom. The minimum absolute atomic E-state index is 0.0855. The van der Waals surface area contributed by atoms with E-state index in [1.54, 1.807) is 6.08 Å². The third-order valence-corrected chi connectivity index (χ3v) is 12.0. The van der Waals surface area contributed by atoms with Crippen molar-refractivity contribution in [3.63, 3.8) is 0 Å². The Morgan fingerprint density at radius 3 is 1.95 bits per heavy atom. The van der Waals surface area contributed by atoms with Crippen LogP contribution in [0.4, 0.5) is 0 Å². The van der Waals surface area contributed by atoms with E-state index in [4.69, 9.17) is 0 Å². The summed E-state index contributed by atoms with van der Waals surface area (Å²) in [5, 5.41) is 0. The lowest BCUT2D eigenvalue weighted by Gasteiger charge is -2.39. The zero-order valence-electron chi connectivity index (χ0n) is 22.7. The molecule has 0 aromatic heterocycles. The Kier molecular flexibility index (Phi) is 6.50. The molecule has 0 heterocycles. The molecule has 212 valence electrons. The van der Waals surface area contributed by atoms with Crippen LogP contribution in [0.3, 0.4) is 0 Å². The van der Waals surface area contributed by atoms with E-state index >= 15 is 0 Å². The molecule has 4 aliphatic carbocycles.